The zero-order valence-electron chi connectivity index (χ0n) is 16.2. The van der Waals surface area contributed by atoms with Crippen LogP contribution < -0.4 is 10.2 Å². The Morgan fingerprint density at radius 3 is 2.89 bits per heavy atom. The van der Waals surface area contributed by atoms with Crippen molar-refractivity contribution in [1.29, 1.82) is 10.5 Å². The maximum Gasteiger partial charge on any atom is 0.195 e. The summed E-state index contributed by atoms with van der Waals surface area (Å²) in [6.07, 6.45) is 2.59. The number of likely N-dealkylation sites (tertiary alicyclic amines) is 1. The summed E-state index contributed by atoms with van der Waals surface area (Å²) in [6.45, 7) is 8.50. The molecule has 0 radical (unpaired) electrons. The fourth-order valence-corrected chi connectivity index (χ4v) is 3.82. The Balaban J connectivity index is 1.54. The van der Waals surface area contributed by atoms with Crippen LogP contribution in [0, 0.1) is 28.6 Å². The van der Waals surface area contributed by atoms with Crippen LogP contribution in [-0.2, 0) is 6.54 Å². The Hall–Kier alpha value is -2.64. The highest BCUT2D eigenvalue weighted by Gasteiger charge is 2.22. The fraction of sp³-hybridized carbons (Fsp3) is 0.600. The number of likely N-dealkylation sites (N-methyl/N-ethyl adjacent to an activating group) is 1. The van der Waals surface area contributed by atoms with Crippen molar-refractivity contribution in [1.82, 2.24) is 15.1 Å². The highest BCUT2D eigenvalue weighted by molar-refractivity contribution is 5.40. The van der Waals surface area contributed by atoms with Crippen LogP contribution >= 0.6 is 0 Å². The van der Waals surface area contributed by atoms with Crippen LogP contribution in [0.2, 0.25) is 0 Å². The van der Waals surface area contributed by atoms with Gasteiger partial charge in [0.1, 0.15) is 23.7 Å². The minimum absolute atomic E-state index is 0.145. The number of nitriles is 2. The number of nitrogens with one attached hydrogen (secondary N) is 1. The molecular formula is C20H28N6O. The van der Waals surface area contributed by atoms with Crippen molar-refractivity contribution in [2.45, 2.75) is 26.3 Å². The van der Waals surface area contributed by atoms with E-state index in [4.69, 9.17) is 14.9 Å². The number of nitrogens with zero attached hydrogens (tertiary/aromatic N) is 5. The van der Waals surface area contributed by atoms with E-state index < -0.39 is 0 Å². The van der Waals surface area contributed by atoms with E-state index in [-0.39, 0.29) is 5.57 Å². The largest absolute Gasteiger partial charge is 0.444 e. The average Bonchev–Trinajstić information content (AvgIpc) is 3.31. The number of allylic oxidation sites excluding steroid dienone is 1. The van der Waals surface area contributed by atoms with Gasteiger partial charge in [0.25, 0.3) is 0 Å². The van der Waals surface area contributed by atoms with Gasteiger partial charge in [0, 0.05) is 45.8 Å². The van der Waals surface area contributed by atoms with Crippen molar-refractivity contribution in [3.8, 4) is 12.1 Å². The summed E-state index contributed by atoms with van der Waals surface area (Å²) in [6, 6.07) is 8.02. The molecule has 0 aromatic carbocycles. The molecule has 144 valence electrons. The van der Waals surface area contributed by atoms with E-state index in [1.165, 1.54) is 12.8 Å². The summed E-state index contributed by atoms with van der Waals surface area (Å²) < 4.78 is 6.05. The van der Waals surface area contributed by atoms with E-state index in [1.54, 1.807) is 0 Å². The first-order chi connectivity index (χ1) is 13.1. The van der Waals surface area contributed by atoms with E-state index in [0.29, 0.717) is 5.82 Å². The second-order valence-electron chi connectivity index (χ2n) is 7.51. The SMILES string of the molecule is CC1CCCN(Cc2ccc(N(C)CCN3CCNC3=C(C#N)C#N)o2)C1. The molecule has 1 atom stereocenters. The molecule has 2 fully saturated rings. The third kappa shape index (κ3) is 4.75. The van der Waals surface area contributed by atoms with Gasteiger partial charge in [-0.3, -0.25) is 4.90 Å². The predicted octanol–water partition coefficient (Wildman–Crippen LogP) is 2.11. The lowest BCUT2D eigenvalue weighted by Gasteiger charge is -2.30. The molecule has 7 heteroatoms. The lowest BCUT2D eigenvalue weighted by Crippen LogP contribution is -2.33. The molecule has 7 nitrogen and oxygen atoms in total. The summed E-state index contributed by atoms with van der Waals surface area (Å²) in [4.78, 5) is 6.60. The monoisotopic (exact) mass is 368 g/mol. The molecule has 0 amide bonds. The molecule has 3 heterocycles. The Morgan fingerprint density at radius 2 is 2.15 bits per heavy atom. The lowest BCUT2D eigenvalue weighted by atomic mass is 10.0. The van der Waals surface area contributed by atoms with E-state index in [2.05, 4.69) is 33.0 Å². The molecule has 27 heavy (non-hydrogen) atoms. The third-order valence-electron chi connectivity index (χ3n) is 5.30. The summed E-state index contributed by atoms with van der Waals surface area (Å²) in [5, 5.41) is 21.3. The summed E-state index contributed by atoms with van der Waals surface area (Å²) in [7, 11) is 2.01. The molecule has 3 rings (SSSR count). The molecular weight excluding hydrogens is 340 g/mol. The van der Waals surface area contributed by atoms with Gasteiger partial charge in [0.15, 0.2) is 11.5 Å². The van der Waals surface area contributed by atoms with Gasteiger partial charge in [-0.2, -0.15) is 10.5 Å². The summed E-state index contributed by atoms with van der Waals surface area (Å²) >= 11 is 0. The van der Waals surface area contributed by atoms with Gasteiger partial charge in [-0.1, -0.05) is 6.92 Å². The second kappa shape index (κ2) is 8.83. The number of rotatable bonds is 6. The van der Waals surface area contributed by atoms with Crippen molar-refractivity contribution in [3.63, 3.8) is 0 Å². The highest BCUT2D eigenvalue weighted by atomic mass is 16.4. The summed E-state index contributed by atoms with van der Waals surface area (Å²) in [5.41, 5.74) is 0.145. The topological polar surface area (TPSA) is 82.5 Å². The van der Waals surface area contributed by atoms with Crippen LogP contribution in [0.4, 0.5) is 5.88 Å². The Labute approximate surface area is 161 Å². The molecule has 2 aliphatic rings. The molecule has 0 bridgehead atoms. The van der Waals surface area contributed by atoms with Gasteiger partial charge < -0.3 is 19.5 Å². The van der Waals surface area contributed by atoms with Gasteiger partial charge in [0.05, 0.1) is 6.54 Å². The van der Waals surface area contributed by atoms with Gasteiger partial charge in [-0.15, -0.1) is 0 Å². The molecule has 2 aliphatic heterocycles. The quantitative estimate of drug-likeness (QED) is 0.770. The molecule has 1 aromatic rings. The van der Waals surface area contributed by atoms with Crippen LogP contribution in [-0.4, -0.2) is 56.1 Å². The lowest BCUT2D eigenvalue weighted by molar-refractivity contribution is 0.165. The zero-order chi connectivity index (χ0) is 19.2. The van der Waals surface area contributed by atoms with Crippen LogP contribution in [0.25, 0.3) is 0 Å². The van der Waals surface area contributed by atoms with Gasteiger partial charge in [-0.05, 0) is 31.4 Å². The molecule has 1 N–H and O–H groups in total. The number of hydrogen-bond donors (Lipinski definition) is 1. The molecule has 0 saturated carbocycles. The molecule has 0 aliphatic carbocycles. The van der Waals surface area contributed by atoms with E-state index in [1.807, 2.05) is 25.3 Å². The fourth-order valence-electron chi connectivity index (χ4n) is 3.82. The van der Waals surface area contributed by atoms with Crippen LogP contribution in [0.5, 0.6) is 0 Å². The number of hydrogen-bond acceptors (Lipinski definition) is 7. The molecule has 1 aromatic heterocycles. The van der Waals surface area contributed by atoms with E-state index in [0.717, 1.165) is 63.4 Å². The Morgan fingerprint density at radius 1 is 1.33 bits per heavy atom. The Kier molecular flexibility index (Phi) is 6.26. The second-order valence-corrected chi connectivity index (χ2v) is 7.51. The number of anilines is 1. The van der Waals surface area contributed by atoms with Crippen LogP contribution in [0.15, 0.2) is 27.9 Å². The van der Waals surface area contributed by atoms with Crippen molar-refractivity contribution < 1.29 is 4.42 Å². The normalized spacial score (nSPS) is 20.1. The van der Waals surface area contributed by atoms with Crippen molar-refractivity contribution in [3.05, 3.63) is 29.3 Å². The Bertz CT molecular complexity index is 739. The first kappa shape index (κ1) is 19.1. The highest BCUT2D eigenvalue weighted by Crippen LogP contribution is 2.22. The van der Waals surface area contributed by atoms with Gasteiger partial charge in [-0.25, -0.2) is 0 Å². The van der Waals surface area contributed by atoms with E-state index >= 15 is 0 Å². The smallest absolute Gasteiger partial charge is 0.195 e. The van der Waals surface area contributed by atoms with Crippen molar-refractivity contribution in [2.24, 2.45) is 5.92 Å². The predicted molar refractivity (Wildman–Crippen MR) is 103 cm³/mol. The minimum Gasteiger partial charge on any atom is -0.444 e. The zero-order valence-corrected chi connectivity index (χ0v) is 16.2. The first-order valence-corrected chi connectivity index (χ1v) is 9.66. The average molecular weight is 368 g/mol. The third-order valence-corrected chi connectivity index (χ3v) is 5.30. The van der Waals surface area contributed by atoms with Crippen LogP contribution in [0.1, 0.15) is 25.5 Å². The van der Waals surface area contributed by atoms with E-state index in [9.17, 15) is 0 Å². The molecule has 2 saturated heterocycles. The maximum absolute atomic E-state index is 9.09. The standard InChI is InChI=1S/C20H28N6O/c1-16-4-3-8-25(14-16)15-18-5-6-19(27-18)24(2)10-11-26-9-7-23-20(26)17(12-21)13-22/h5-6,16,23H,3-4,7-11,14-15H2,1-2H3. The van der Waals surface area contributed by atoms with Crippen molar-refractivity contribution >= 4 is 5.88 Å². The number of piperidine rings is 1. The van der Waals surface area contributed by atoms with Crippen LogP contribution in [0.3, 0.4) is 0 Å². The summed E-state index contributed by atoms with van der Waals surface area (Å²) in [5.74, 6) is 3.27. The minimum atomic E-state index is 0.145. The first-order valence-electron chi connectivity index (χ1n) is 9.66. The maximum atomic E-state index is 9.09. The molecule has 0 spiro atoms. The van der Waals surface area contributed by atoms with Gasteiger partial charge in [0.2, 0.25) is 0 Å². The number of furan rings is 1. The van der Waals surface area contributed by atoms with Crippen molar-refractivity contribution in [2.75, 3.05) is 51.2 Å². The molecule has 1 unspecified atom stereocenters. The van der Waals surface area contributed by atoms with Gasteiger partial charge >= 0.3 is 0 Å².